The van der Waals surface area contributed by atoms with Crippen LogP contribution in [0, 0.1) is 10.1 Å². The summed E-state index contributed by atoms with van der Waals surface area (Å²) < 4.78 is 0. The van der Waals surface area contributed by atoms with Crippen LogP contribution in [0.15, 0.2) is 6.20 Å². The number of likely N-dealkylation sites (N-methyl/N-ethyl adjacent to an activating group) is 1. The van der Waals surface area contributed by atoms with Crippen LogP contribution in [0.3, 0.4) is 0 Å². The zero-order chi connectivity index (χ0) is 11.9. The Morgan fingerprint density at radius 3 is 2.69 bits per heavy atom. The van der Waals surface area contributed by atoms with Crippen molar-refractivity contribution in [1.29, 1.82) is 0 Å². The standard InChI is InChI=1S/C7H6N4O4S/c1-9-4(12)3-10(7(9)13)6-8-2-5(16-6)11(14)15/h2H,3H2,1H3. The Morgan fingerprint density at radius 2 is 2.25 bits per heavy atom. The highest BCUT2D eigenvalue weighted by atomic mass is 32.1. The molecule has 2 heterocycles. The van der Waals surface area contributed by atoms with Crippen LogP contribution in [0.2, 0.25) is 0 Å². The minimum absolute atomic E-state index is 0.125. The molecule has 8 nitrogen and oxygen atoms in total. The van der Waals surface area contributed by atoms with Crippen LogP contribution >= 0.6 is 11.3 Å². The fourth-order valence-corrected chi connectivity index (χ4v) is 1.94. The Balaban J connectivity index is 2.28. The third-order valence-electron chi connectivity index (χ3n) is 2.08. The number of anilines is 1. The van der Waals surface area contributed by atoms with Gasteiger partial charge in [-0.3, -0.25) is 24.7 Å². The summed E-state index contributed by atoms with van der Waals surface area (Å²) in [6, 6.07) is -0.519. The molecule has 84 valence electrons. The molecular weight excluding hydrogens is 236 g/mol. The summed E-state index contributed by atoms with van der Waals surface area (Å²) in [5, 5.41) is 10.4. The first kappa shape index (κ1) is 10.5. The quantitative estimate of drug-likeness (QED) is 0.426. The molecule has 1 aromatic heterocycles. The second-order valence-corrected chi connectivity index (χ2v) is 4.05. The topological polar surface area (TPSA) is 96.7 Å². The summed E-state index contributed by atoms with van der Waals surface area (Å²) in [6.07, 6.45) is 1.07. The maximum atomic E-state index is 11.5. The third kappa shape index (κ3) is 1.50. The number of amides is 3. The van der Waals surface area contributed by atoms with Gasteiger partial charge in [0.05, 0.1) is 4.92 Å². The van der Waals surface area contributed by atoms with E-state index in [1.54, 1.807) is 0 Å². The molecule has 1 aliphatic heterocycles. The van der Waals surface area contributed by atoms with Crippen LogP contribution in [-0.4, -0.2) is 40.3 Å². The molecule has 0 aliphatic carbocycles. The van der Waals surface area contributed by atoms with E-state index in [-0.39, 0.29) is 22.6 Å². The fourth-order valence-electron chi connectivity index (χ4n) is 1.21. The number of nitro groups is 1. The molecule has 1 aliphatic rings. The van der Waals surface area contributed by atoms with E-state index in [4.69, 9.17) is 0 Å². The Labute approximate surface area is 93.2 Å². The maximum Gasteiger partial charge on any atom is 0.345 e. The van der Waals surface area contributed by atoms with Gasteiger partial charge in [-0.1, -0.05) is 0 Å². The van der Waals surface area contributed by atoms with Gasteiger partial charge in [-0.25, -0.2) is 9.78 Å². The Hall–Kier alpha value is -2.03. The second kappa shape index (κ2) is 3.52. The number of carbonyl (C=O) groups is 2. The van der Waals surface area contributed by atoms with E-state index >= 15 is 0 Å². The van der Waals surface area contributed by atoms with Gasteiger partial charge in [0.15, 0.2) is 5.13 Å². The van der Waals surface area contributed by atoms with Crippen molar-refractivity contribution in [1.82, 2.24) is 9.88 Å². The summed E-state index contributed by atoms with van der Waals surface area (Å²) in [5.41, 5.74) is 0. The van der Waals surface area contributed by atoms with Crippen LogP contribution in [0.25, 0.3) is 0 Å². The van der Waals surface area contributed by atoms with Gasteiger partial charge in [-0.15, -0.1) is 0 Å². The highest BCUT2D eigenvalue weighted by molar-refractivity contribution is 7.18. The van der Waals surface area contributed by atoms with Crippen molar-refractivity contribution in [2.45, 2.75) is 0 Å². The molecule has 0 atom stereocenters. The summed E-state index contributed by atoms with van der Waals surface area (Å²) >= 11 is 0.762. The largest absolute Gasteiger partial charge is 0.345 e. The SMILES string of the molecule is CN1C(=O)CN(c2ncc([N+](=O)[O-])s2)C1=O. The predicted molar refractivity (Wildman–Crippen MR) is 54.3 cm³/mol. The van der Waals surface area contributed by atoms with Crippen molar-refractivity contribution in [2.75, 3.05) is 18.5 Å². The van der Waals surface area contributed by atoms with E-state index in [2.05, 4.69) is 4.98 Å². The number of nitrogens with zero attached hydrogens (tertiary/aromatic N) is 4. The van der Waals surface area contributed by atoms with Crippen LogP contribution in [0.1, 0.15) is 0 Å². The van der Waals surface area contributed by atoms with Gasteiger partial charge >= 0.3 is 11.0 Å². The first-order valence-electron chi connectivity index (χ1n) is 4.19. The molecule has 0 saturated carbocycles. The fraction of sp³-hybridized carbons (Fsp3) is 0.286. The number of aromatic nitrogens is 1. The van der Waals surface area contributed by atoms with Crippen molar-refractivity contribution in [3.63, 3.8) is 0 Å². The molecule has 1 fully saturated rings. The second-order valence-electron chi connectivity index (χ2n) is 3.06. The molecule has 0 bridgehead atoms. The summed E-state index contributed by atoms with van der Waals surface area (Å²) in [7, 11) is 1.35. The average Bonchev–Trinajstić information content (AvgIpc) is 2.79. The van der Waals surface area contributed by atoms with Gasteiger partial charge in [0.25, 0.3) is 5.91 Å². The number of urea groups is 1. The molecule has 0 aromatic carbocycles. The molecular formula is C7H6N4O4S. The lowest BCUT2D eigenvalue weighted by Crippen LogP contribution is -2.29. The lowest BCUT2D eigenvalue weighted by molar-refractivity contribution is -0.380. The van der Waals surface area contributed by atoms with Gasteiger partial charge in [0.2, 0.25) is 0 Å². The lowest BCUT2D eigenvalue weighted by atomic mass is 10.6. The van der Waals surface area contributed by atoms with E-state index in [1.165, 1.54) is 7.05 Å². The zero-order valence-electron chi connectivity index (χ0n) is 8.11. The molecule has 3 amide bonds. The summed E-state index contributed by atoms with van der Waals surface area (Å²) in [5.74, 6) is -0.358. The first-order valence-corrected chi connectivity index (χ1v) is 5.00. The molecule has 1 saturated heterocycles. The molecule has 0 N–H and O–H groups in total. The Bertz CT molecular complexity index is 484. The highest BCUT2D eigenvalue weighted by Crippen LogP contribution is 2.30. The minimum Gasteiger partial charge on any atom is -0.272 e. The maximum absolute atomic E-state index is 11.5. The van der Waals surface area contributed by atoms with Gasteiger partial charge in [-0.05, 0) is 11.3 Å². The molecule has 2 rings (SSSR count). The van der Waals surface area contributed by atoms with Gasteiger partial charge in [-0.2, -0.15) is 0 Å². The molecule has 0 spiro atoms. The van der Waals surface area contributed by atoms with Crippen molar-refractivity contribution in [3.8, 4) is 0 Å². The third-order valence-corrected chi connectivity index (χ3v) is 3.05. The zero-order valence-corrected chi connectivity index (χ0v) is 8.93. The monoisotopic (exact) mass is 242 g/mol. The van der Waals surface area contributed by atoms with Crippen molar-refractivity contribution in [3.05, 3.63) is 16.3 Å². The summed E-state index contributed by atoms with van der Waals surface area (Å²) in [6.45, 7) is -0.125. The molecule has 0 radical (unpaired) electrons. The smallest absolute Gasteiger partial charge is 0.272 e. The number of thiazole rings is 1. The number of carbonyl (C=O) groups excluding carboxylic acids is 2. The van der Waals surface area contributed by atoms with Crippen LogP contribution in [0.4, 0.5) is 14.9 Å². The molecule has 9 heteroatoms. The van der Waals surface area contributed by atoms with E-state index in [0.29, 0.717) is 0 Å². The van der Waals surface area contributed by atoms with Crippen molar-refractivity contribution >= 4 is 33.4 Å². The molecule has 1 aromatic rings. The first-order chi connectivity index (χ1) is 7.50. The highest BCUT2D eigenvalue weighted by Gasteiger charge is 2.36. The number of hydrogen-bond donors (Lipinski definition) is 0. The Kier molecular flexibility index (Phi) is 2.31. The minimum atomic E-state index is -0.590. The van der Waals surface area contributed by atoms with Crippen molar-refractivity contribution < 1.29 is 14.5 Å². The Morgan fingerprint density at radius 1 is 1.56 bits per heavy atom. The van der Waals surface area contributed by atoms with Gasteiger partial charge < -0.3 is 0 Å². The van der Waals surface area contributed by atoms with E-state index in [9.17, 15) is 19.7 Å². The summed E-state index contributed by atoms with van der Waals surface area (Å²) in [4.78, 5) is 38.4. The van der Waals surface area contributed by atoms with E-state index < -0.39 is 11.0 Å². The van der Waals surface area contributed by atoms with Crippen LogP contribution < -0.4 is 4.90 Å². The van der Waals surface area contributed by atoms with Gasteiger partial charge in [0.1, 0.15) is 12.7 Å². The van der Waals surface area contributed by atoms with Gasteiger partial charge in [0, 0.05) is 7.05 Å². The predicted octanol–water partition coefficient (Wildman–Crippen LogP) is 0.450. The van der Waals surface area contributed by atoms with Crippen LogP contribution in [0.5, 0.6) is 0 Å². The molecule has 16 heavy (non-hydrogen) atoms. The average molecular weight is 242 g/mol. The van der Waals surface area contributed by atoms with Crippen molar-refractivity contribution in [2.24, 2.45) is 0 Å². The number of hydrogen-bond acceptors (Lipinski definition) is 6. The van der Waals surface area contributed by atoms with Crippen LogP contribution in [-0.2, 0) is 4.79 Å². The van der Waals surface area contributed by atoms with E-state index in [0.717, 1.165) is 27.3 Å². The number of rotatable bonds is 2. The normalized spacial score (nSPS) is 16.1. The van der Waals surface area contributed by atoms with E-state index in [1.807, 2.05) is 0 Å². The lowest BCUT2D eigenvalue weighted by Gasteiger charge is -2.09. The molecule has 0 unspecified atom stereocenters. The number of imide groups is 1.